The summed E-state index contributed by atoms with van der Waals surface area (Å²) in [6, 6.07) is 2.26. The summed E-state index contributed by atoms with van der Waals surface area (Å²) in [6.45, 7) is 0. The zero-order chi connectivity index (χ0) is 9.30. The van der Waals surface area contributed by atoms with Gasteiger partial charge in [0.2, 0.25) is 0 Å². The van der Waals surface area contributed by atoms with Gasteiger partial charge in [0.25, 0.3) is 6.43 Å². The monoisotopic (exact) mass is 192 g/mol. The first-order chi connectivity index (χ1) is 5.54. The van der Waals surface area contributed by atoms with Crippen LogP contribution < -0.4 is 5.46 Å². The number of hydrogen-bond donors (Lipinski definition) is 0. The maximum Gasteiger partial charge on any atom is 0.263 e. The van der Waals surface area contributed by atoms with Crippen LogP contribution in [0, 0.1) is 5.82 Å². The van der Waals surface area contributed by atoms with E-state index in [-0.39, 0.29) is 16.0 Å². The summed E-state index contributed by atoms with van der Waals surface area (Å²) < 4.78 is 37.1. The van der Waals surface area contributed by atoms with Gasteiger partial charge >= 0.3 is 0 Å². The second kappa shape index (κ2) is 3.39. The lowest BCUT2D eigenvalue weighted by molar-refractivity contribution is 0.152. The highest BCUT2D eigenvalue weighted by atomic mass is 35.5. The lowest BCUT2D eigenvalue weighted by Gasteiger charge is -2.06. The van der Waals surface area contributed by atoms with Crippen LogP contribution in [0.2, 0.25) is 5.02 Å². The molecular weight excluding hydrogens is 187 g/mol. The van der Waals surface area contributed by atoms with Crippen LogP contribution in [0.15, 0.2) is 12.1 Å². The standard InChI is InChI=1S/C7H5BClF3/c8-5-3(7(11)12)1-2-4(9)6(5)10/h1-2,7H,8H2. The fourth-order valence-electron chi connectivity index (χ4n) is 0.903. The van der Waals surface area contributed by atoms with Gasteiger partial charge in [-0.25, -0.2) is 13.2 Å². The van der Waals surface area contributed by atoms with Gasteiger partial charge in [0.05, 0.1) is 5.02 Å². The average molecular weight is 192 g/mol. The topological polar surface area (TPSA) is 0 Å². The Morgan fingerprint density at radius 3 is 2.42 bits per heavy atom. The van der Waals surface area contributed by atoms with Crippen LogP contribution in [-0.2, 0) is 0 Å². The average Bonchev–Trinajstić information content (AvgIpc) is 2.00. The van der Waals surface area contributed by atoms with Crippen LogP contribution in [0.3, 0.4) is 0 Å². The first-order valence-electron chi connectivity index (χ1n) is 3.26. The molecule has 12 heavy (non-hydrogen) atoms. The molecule has 0 aliphatic rings. The van der Waals surface area contributed by atoms with E-state index in [2.05, 4.69) is 0 Å². The molecule has 1 aromatic carbocycles. The van der Waals surface area contributed by atoms with E-state index in [4.69, 9.17) is 11.6 Å². The van der Waals surface area contributed by atoms with E-state index in [0.717, 1.165) is 12.1 Å². The Morgan fingerprint density at radius 1 is 1.33 bits per heavy atom. The van der Waals surface area contributed by atoms with Crippen molar-refractivity contribution in [1.29, 1.82) is 0 Å². The summed E-state index contributed by atoms with van der Waals surface area (Å²) in [5, 5.41) is -0.128. The first-order valence-corrected chi connectivity index (χ1v) is 3.64. The van der Waals surface area contributed by atoms with E-state index >= 15 is 0 Å². The van der Waals surface area contributed by atoms with Gasteiger partial charge in [-0.05, 0) is 11.5 Å². The Balaban J connectivity index is 3.27. The Labute approximate surface area is 73.7 Å². The molecule has 0 N–H and O–H groups in total. The Morgan fingerprint density at radius 2 is 1.92 bits per heavy atom. The molecule has 0 saturated carbocycles. The molecule has 0 nitrogen and oxygen atoms in total. The van der Waals surface area contributed by atoms with Crippen LogP contribution >= 0.6 is 11.6 Å². The van der Waals surface area contributed by atoms with Crippen LogP contribution in [0.25, 0.3) is 0 Å². The molecule has 0 fully saturated rings. The largest absolute Gasteiger partial charge is 0.263 e. The summed E-state index contributed by atoms with van der Waals surface area (Å²) in [7, 11) is 1.28. The van der Waals surface area contributed by atoms with E-state index in [1.807, 2.05) is 0 Å². The lowest BCUT2D eigenvalue weighted by Crippen LogP contribution is -2.15. The quantitative estimate of drug-likeness (QED) is 0.594. The summed E-state index contributed by atoms with van der Waals surface area (Å²) in [4.78, 5) is 0. The fraction of sp³-hybridized carbons (Fsp3) is 0.143. The zero-order valence-electron chi connectivity index (χ0n) is 6.24. The van der Waals surface area contributed by atoms with Gasteiger partial charge in [0.1, 0.15) is 13.7 Å². The van der Waals surface area contributed by atoms with Gasteiger partial charge in [-0.2, -0.15) is 0 Å². The normalized spacial score (nSPS) is 10.8. The van der Waals surface area contributed by atoms with Gasteiger partial charge in [-0.1, -0.05) is 17.7 Å². The molecule has 64 valence electrons. The van der Waals surface area contributed by atoms with Gasteiger partial charge < -0.3 is 0 Å². The smallest absolute Gasteiger partial charge is 0.206 e. The highest BCUT2D eigenvalue weighted by Gasteiger charge is 2.14. The summed E-state index contributed by atoms with van der Waals surface area (Å²) in [6.07, 6.45) is -2.66. The van der Waals surface area contributed by atoms with Crippen molar-refractivity contribution < 1.29 is 13.2 Å². The second-order valence-electron chi connectivity index (χ2n) is 2.38. The number of halogens is 4. The molecule has 0 heterocycles. The maximum atomic E-state index is 12.9. The predicted molar refractivity (Wildman–Crippen MR) is 44.5 cm³/mol. The minimum atomic E-state index is -2.66. The van der Waals surface area contributed by atoms with Crippen LogP contribution in [0.1, 0.15) is 12.0 Å². The highest BCUT2D eigenvalue weighted by Crippen LogP contribution is 2.20. The number of alkyl halides is 2. The van der Waals surface area contributed by atoms with Crippen molar-refractivity contribution in [2.75, 3.05) is 0 Å². The Kier molecular flexibility index (Phi) is 2.67. The molecule has 1 rings (SSSR count). The third kappa shape index (κ3) is 1.58. The van der Waals surface area contributed by atoms with E-state index in [0.29, 0.717) is 0 Å². The molecule has 1 aromatic rings. The second-order valence-corrected chi connectivity index (χ2v) is 2.78. The molecule has 0 spiro atoms. The summed E-state index contributed by atoms with van der Waals surface area (Å²) in [5.41, 5.74) is -0.394. The van der Waals surface area contributed by atoms with E-state index < -0.39 is 12.2 Å². The fourth-order valence-corrected chi connectivity index (χ4v) is 1.11. The third-order valence-electron chi connectivity index (χ3n) is 1.62. The van der Waals surface area contributed by atoms with E-state index in [9.17, 15) is 13.2 Å². The molecule has 0 aromatic heterocycles. The number of hydrogen-bond acceptors (Lipinski definition) is 0. The molecule has 5 heteroatoms. The van der Waals surface area contributed by atoms with Crippen molar-refractivity contribution in [3.63, 3.8) is 0 Å². The zero-order valence-corrected chi connectivity index (χ0v) is 7.00. The molecule has 0 aliphatic heterocycles. The molecule has 0 atom stereocenters. The van der Waals surface area contributed by atoms with Crippen molar-refractivity contribution in [1.82, 2.24) is 0 Å². The van der Waals surface area contributed by atoms with Crippen LogP contribution in [-0.4, -0.2) is 7.85 Å². The van der Waals surface area contributed by atoms with E-state index in [1.54, 1.807) is 0 Å². The molecule has 0 unspecified atom stereocenters. The van der Waals surface area contributed by atoms with Crippen molar-refractivity contribution >= 4 is 24.9 Å². The Hall–Kier alpha value is -0.635. The number of benzene rings is 1. The minimum Gasteiger partial charge on any atom is -0.206 e. The van der Waals surface area contributed by atoms with Crippen molar-refractivity contribution in [2.24, 2.45) is 0 Å². The number of rotatable bonds is 1. The van der Waals surface area contributed by atoms with E-state index in [1.165, 1.54) is 7.85 Å². The van der Waals surface area contributed by atoms with Crippen LogP contribution in [0.5, 0.6) is 0 Å². The van der Waals surface area contributed by atoms with Crippen molar-refractivity contribution in [3.8, 4) is 0 Å². The predicted octanol–water partition coefficient (Wildman–Crippen LogP) is 1.68. The van der Waals surface area contributed by atoms with Crippen molar-refractivity contribution in [2.45, 2.75) is 6.43 Å². The highest BCUT2D eigenvalue weighted by molar-refractivity contribution is 6.37. The van der Waals surface area contributed by atoms with Crippen LogP contribution in [0.4, 0.5) is 13.2 Å². The molecule has 0 saturated heterocycles. The molecule has 0 radical (unpaired) electrons. The SMILES string of the molecule is Bc1c(C(F)F)ccc(Cl)c1F. The van der Waals surface area contributed by atoms with Crippen molar-refractivity contribution in [3.05, 3.63) is 28.5 Å². The molecule has 0 bridgehead atoms. The first kappa shape index (κ1) is 9.45. The van der Waals surface area contributed by atoms with Gasteiger partial charge in [-0.15, -0.1) is 0 Å². The van der Waals surface area contributed by atoms with Gasteiger partial charge in [-0.3, -0.25) is 0 Å². The molecular formula is C7H5BClF3. The maximum absolute atomic E-state index is 12.9. The third-order valence-corrected chi connectivity index (χ3v) is 1.91. The lowest BCUT2D eigenvalue weighted by atomic mass is 9.90. The van der Waals surface area contributed by atoms with Gasteiger partial charge in [0, 0.05) is 5.56 Å². The molecule has 0 aliphatic carbocycles. The van der Waals surface area contributed by atoms with Gasteiger partial charge in [0.15, 0.2) is 0 Å². The molecule has 0 amide bonds. The summed E-state index contributed by atoms with van der Waals surface area (Å²) >= 11 is 5.37. The minimum absolute atomic E-state index is 0.0856. The Bertz CT molecular complexity index is 301. The summed E-state index contributed by atoms with van der Waals surface area (Å²) in [5.74, 6) is -0.769.